The Bertz CT molecular complexity index is 856. The molecule has 2 amide bonds. The monoisotopic (exact) mass is 408 g/mol. The highest BCUT2D eigenvalue weighted by molar-refractivity contribution is 5.88. The summed E-state index contributed by atoms with van der Waals surface area (Å²) in [5, 5.41) is 3.16. The van der Waals surface area contributed by atoms with Crippen molar-refractivity contribution in [3.8, 4) is 0 Å². The molecule has 0 aliphatic carbocycles. The first-order valence-electron chi connectivity index (χ1n) is 10.7. The Balaban J connectivity index is 1.72. The zero-order valence-electron chi connectivity index (χ0n) is 18.2. The van der Waals surface area contributed by atoms with Gasteiger partial charge in [0.15, 0.2) is 0 Å². The van der Waals surface area contributed by atoms with Gasteiger partial charge in [0.25, 0.3) is 0 Å². The fraction of sp³-hybridized carbons (Fsp3) is 0.440. The van der Waals surface area contributed by atoms with E-state index in [0.717, 1.165) is 16.7 Å². The van der Waals surface area contributed by atoms with E-state index in [1.165, 1.54) is 0 Å². The van der Waals surface area contributed by atoms with Crippen molar-refractivity contribution < 1.29 is 14.3 Å². The molecule has 0 saturated carbocycles. The molecule has 0 aromatic heterocycles. The van der Waals surface area contributed by atoms with Crippen LogP contribution in [0.1, 0.15) is 50.3 Å². The number of hydrogen-bond acceptors (Lipinski definition) is 3. The first-order chi connectivity index (χ1) is 14.4. The summed E-state index contributed by atoms with van der Waals surface area (Å²) in [4.78, 5) is 27.0. The highest BCUT2D eigenvalue weighted by Gasteiger charge is 2.43. The Hall–Kier alpha value is -2.66. The van der Waals surface area contributed by atoms with Crippen molar-refractivity contribution in [2.75, 3.05) is 13.1 Å². The minimum absolute atomic E-state index is 0.0285. The molecule has 3 rings (SSSR count). The molecule has 2 aromatic rings. The maximum atomic E-state index is 13.4. The van der Waals surface area contributed by atoms with Crippen molar-refractivity contribution in [3.05, 3.63) is 71.3 Å². The number of benzene rings is 2. The van der Waals surface area contributed by atoms with Gasteiger partial charge in [-0.1, -0.05) is 54.6 Å². The van der Waals surface area contributed by atoms with Gasteiger partial charge < -0.3 is 15.0 Å². The molecule has 1 saturated heterocycles. The summed E-state index contributed by atoms with van der Waals surface area (Å²) in [6, 6.07) is 18.1. The number of likely N-dealkylation sites (tertiary alicyclic amines) is 1. The molecule has 5 nitrogen and oxygen atoms in total. The van der Waals surface area contributed by atoms with Gasteiger partial charge in [-0.2, -0.15) is 0 Å². The van der Waals surface area contributed by atoms with Crippen molar-refractivity contribution in [1.82, 2.24) is 10.2 Å². The van der Waals surface area contributed by atoms with Gasteiger partial charge in [-0.3, -0.25) is 9.59 Å². The van der Waals surface area contributed by atoms with Gasteiger partial charge >= 0.3 is 0 Å². The second kappa shape index (κ2) is 9.90. The van der Waals surface area contributed by atoms with Crippen LogP contribution in [0.15, 0.2) is 54.6 Å². The zero-order valence-corrected chi connectivity index (χ0v) is 18.2. The van der Waals surface area contributed by atoms with Crippen LogP contribution in [0.3, 0.4) is 0 Å². The van der Waals surface area contributed by atoms with Crippen molar-refractivity contribution in [3.63, 3.8) is 0 Å². The summed E-state index contributed by atoms with van der Waals surface area (Å²) in [5.74, 6) is 0.0956. The van der Waals surface area contributed by atoms with Crippen LogP contribution in [0.25, 0.3) is 0 Å². The summed E-state index contributed by atoms with van der Waals surface area (Å²) in [6.07, 6.45) is 1.44. The highest BCUT2D eigenvalue weighted by Crippen LogP contribution is 2.36. The predicted octanol–water partition coefficient (Wildman–Crippen LogP) is 3.81. The molecule has 0 radical (unpaired) electrons. The first-order valence-corrected chi connectivity index (χ1v) is 10.7. The Morgan fingerprint density at radius 2 is 1.70 bits per heavy atom. The molecular formula is C25H32N2O3. The Morgan fingerprint density at radius 1 is 1.03 bits per heavy atom. The number of carbonyl (C=O) groups is 2. The lowest BCUT2D eigenvalue weighted by atomic mass is 9.72. The van der Waals surface area contributed by atoms with Gasteiger partial charge in [0.2, 0.25) is 11.8 Å². The SMILES string of the molecule is CC(=O)N1CCC(C(=O)NCc2cccc(COC(C)C)c2)(c2ccccc2)CC1. The van der Waals surface area contributed by atoms with E-state index in [1.807, 2.05) is 67.3 Å². The largest absolute Gasteiger partial charge is 0.374 e. The minimum Gasteiger partial charge on any atom is -0.374 e. The predicted molar refractivity (Wildman–Crippen MR) is 118 cm³/mol. The van der Waals surface area contributed by atoms with E-state index in [2.05, 4.69) is 11.4 Å². The van der Waals surface area contributed by atoms with Crippen molar-refractivity contribution in [2.24, 2.45) is 0 Å². The van der Waals surface area contributed by atoms with Gasteiger partial charge in [0, 0.05) is 26.6 Å². The first kappa shape index (κ1) is 22.0. The molecule has 1 fully saturated rings. The molecule has 0 spiro atoms. The number of ether oxygens (including phenoxy) is 1. The van der Waals surface area contributed by atoms with Crippen LogP contribution in [-0.2, 0) is 32.9 Å². The quantitative estimate of drug-likeness (QED) is 0.758. The Morgan fingerprint density at radius 3 is 2.33 bits per heavy atom. The second-order valence-corrected chi connectivity index (χ2v) is 8.32. The summed E-state index contributed by atoms with van der Waals surface area (Å²) >= 11 is 0. The second-order valence-electron chi connectivity index (χ2n) is 8.32. The van der Waals surface area contributed by atoms with E-state index in [-0.39, 0.29) is 17.9 Å². The third kappa shape index (κ3) is 5.28. The molecule has 0 atom stereocenters. The van der Waals surface area contributed by atoms with E-state index in [0.29, 0.717) is 39.1 Å². The zero-order chi connectivity index (χ0) is 21.6. The maximum absolute atomic E-state index is 13.4. The molecule has 1 N–H and O–H groups in total. The van der Waals surface area contributed by atoms with Crippen LogP contribution in [0.2, 0.25) is 0 Å². The lowest BCUT2D eigenvalue weighted by molar-refractivity contribution is -0.135. The number of hydrogen-bond donors (Lipinski definition) is 1. The van der Waals surface area contributed by atoms with Gasteiger partial charge in [0.1, 0.15) is 0 Å². The highest BCUT2D eigenvalue weighted by atomic mass is 16.5. The standard InChI is InChI=1S/C25H32N2O3/c1-19(2)30-18-22-9-7-8-21(16-22)17-26-24(29)25(23-10-5-4-6-11-23)12-14-27(15-13-25)20(3)28/h4-11,16,19H,12-15,17-18H2,1-3H3,(H,26,29). The average Bonchev–Trinajstić information content (AvgIpc) is 2.77. The number of nitrogens with one attached hydrogen (secondary N) is 1. The number of piperidine rings is 1. The smallest absolute Gasteiger partial charge is 0.231 e. The molecule has 0 unspecified atom stereocenters. The van der Waals surface area contributed by atoms with Crippen LogP contribution in [-0.4, -0.2) is 35.9 Å². The average molecular weight is 409 g/mol. The lowest BCUT2D eigenvalue weighted by Gasteiger charge is -2.40. The fourth-order valence-corrected chi connectivity index (χ4v) is 4.05. The van der Waals surface area contributed by atoms with Crippen molar-refractivity contribution in [1.29, 1.82) is 0 Å². The third-order valence-corrected chi connectivity index (χ3v) is 5.85. The molecule has 1 aliphatic rings. The van der Waals surface area contributed by atoms with Gasteiger partial charge in [-0.05, 0) is 43.4 Å². The normalized spacial score (nSPS) is 15.8. The van der Waals surface area contributed by atoms with Crippen LogP contribution in [0.5, 0.6) is 0 Å². The Kier molecular flexibility index (Phi) is 7.27. The van der Waals surface area contributed by atoms with E-state index >= 15 is 0 Å². The van der Waals surface area contributed by atoms with Gasteiger partial charge in [-0.15, -0.1) is 0 Å². The minimum atomic E-state index is -0.606. The summed E-state index contributed by atoms with van der Waals surface area (Å²) < 4.78 is 5.69. The molecule has 1 heterocycles. The summed E-state index contributed by atoms with van der Waals surface area (Å²) in [6.45, 7) is 7.85. The van der Waals surface area contributed by atoms with Crippen molar-refractivity contribution in [2.45, 2.75) is 58.3 Å². The van der Waals surface area contributed by atoms with E-state index in [9.17, 15) is 9.59 Å². The number of amides is 2. The van der Waals surface area contributed by atoms with Crippen LogP contribution in [0.4, 0.5) is 0 Å². The van der Waals surface area contributed by atoms with Crippen LogP contribution in [0, 0.1) is 0 Å². The summed E-state index contributed by atoms with van der Waals surface area (Å²) in [7, 11) is 0. The van der Waals surface area contributed by atoms with E-state index in [4.69, 9.17) is 4.74 Å². The van der Waals surface area contributed by atoms with Gasteiger partial charge in [-0.25, -0.2) is 0 Å². The molecule has 30 heavy (non-hydrogen) atoms. The molecule has 2 aromatic carbocycles. The summed E-state index contributed by atoms with van der Waals surface area (Å²) in [5.41, 5.74) is 2.57. The third-order valence-electron chi connectivity index (χ3n) is 5.85. The molecule has 0 bridgehead atoms. The fourth-order valence-electron chi connectivity index (χ4n) is 4.05. The van der Waals surface area contributed by atoms with Gasteiger partial charge in [0.05, 0.1) is 18.1 Å². The topological polar surface area (TPSA) is 58.6 Å². The maximum Gasteiger partial charge on any atom is 0.231 e. The number of nitrogens with zero attached hydrogens (tertiary/aromatic N) is 1. The number of rotatable bonds is 7. The Labute approximate surface area is 179 Å². The van der Waals surface area contributed by atoms with Crippen LogP contribution < -0.4 is 5.32 Å². The van der Waals surface area contributed by atoms with Crippen LogP contribution >= 0.6 is 0 Å². The molecule has 160 valence electrons. The van der Waals surface area contributed by atoms with E-state index < -0.39 is 5.41 Å². The molecular weight excluding hydrogens is 376 g/mol. The molecule has 1 aliphatic heterocycles. The van der Waals surface area contributed by atoms with E-state index in [1.54, 1.807) is 6.92 Å². The lowest BCUT2D eigenvalue weighted by Crippen LogP contribution is -2.52. The number of carbonyl (C=O) groups excluding carboxylic acids is 2. The van der Waals surface area contributed by atoms with Crippen molar-refractivity contribution >= 4 is 11.8 Å². The molecule has 5 heteroatoms.